The molecule has 6 heteroatoms. The van der Waals surface area contributed by atoms with Gasteiger partial charge in [0.2, 0.25) is 0 Å². The van der Waals surface area contributed by atoms with Gasteiger partial charge in [-0.2, -0.15) is 0 Å². The molecule has 1 aliphatic rings. The van der Waals surface area contributed by atoms with Crippen molar-refractivity contribution in [3.8, 4) is 5.75 Å². The Labute approximate surface area is 108 Å². The molecule has 1 aromatic carbocycles. The molecule has 0 aliphatic carbocycles. The summed E-state index contributed by atoms with van der Waals surface area (Å²) in [6.07, 6.45) is 0.878. The maximum Gasteiger partial charge on any atom is 0.407 e. The van der Waals surface area contributed by atoms with Crippen LogP contribution < -0.4 is 4.74 Å². The van der Waals surface area contributed by atoms with E-state index in [-0.39, 0.29) is 24.4 Å². The minimum atomic E-state index is -1.03. The molecule has 2 rings (SSSR count). The highest BCUT2D eigenvalue weighted by Crippen LogP contribution is 2.34. The van der Waals surface area contributed by atoms with Gasteiger partial charge in [-0.15, -0.1) is 0 Å². The molecule has 0 spiro atoms. The number of methoxy groups -OCH3 is 1. The Bertz CT molecular complexity index is 543. The number of ether oxygens (including phenoxy) is 1. The zero-order valence-corrected chi connectivity index (χ0v) is 10.3. The zero-order valence-electron chi connectivity index (χ0n) is 10.3. The average Bonchev–Trinajstić information content (AvgIpc) is 2.41. The van der Waals surface area contributed by atoms with Gasteiger partial charge in [-0.05, 0) is 24.1 Å². The first-order valence-corrected chi connectivity index (χ1v) is 5.74. The van der Waals surface area contributed by atoms with Gasteiger partial charge in [-0.1, -0.05) is 6.08 Å². The predicted molar refractivity (Wildman–Crippen MR) is 65.1 cm³/mol. The molecule has 0 atom stereocenters. The molecule has 1 amide bonds. The van der Waals surface area contributed by atoms with E-state index in [9.17, 15) is 13.6 Å². The monoisotopic (exact) mass is 269 g/mol. The number of halogens is 2. The normalized spacial score (nSPS) is 15.1. The van der Waals surface area contributed by atoms with Crippen LogP contribution >= 0.6 is 0 Å². The summed E-state index contributed by atoms with van der Waals surface area (Å²) in [7, 11) is 1.27. The Balaban J connectivity index is 2.38. The molecule has 0 saturated heterocycles. The smallest absolute Gasteiger partial charge is 0.407 e. The van der Waals surface area contributed by atoms with E-state index in [4.69, 9.17) is 9.84 Å². The molecule has 0 fully saturated rings. The molecular formula is C13H13F2NO3. The van der Waals surface area contributed by atoms with Gasteiger partial charge in [0.25, 0.3) is 0 Å². The molecule has 1 heterocycles. The van der Waals surface area contributed by atoms with E-state index in [1.54, 1.807) is 6.08 Å². The fourth-order valence-corrected chi connectivity index (χ4v) is 2.10. The minimum absolute atomic E-state index is 0.0764. The lowest BCUT2D eigenvalue weighted by atomic mass is 9.98. The first-order valence-electron chi connectivity index (χ1n) is 5.74. The van der Waals surface area contributed by atoms with Gasteiger partial charge >= 0.3 is 6.09 Å². The SMILES string of the molecule is COc1c(F)ccc(F)c1C1=CCN(C(=O)O)CC1. The molecule has 0 radical (unpaired) electrons. The predicted octanol–water partition coefficient (Wildman–Crippen LogP) is 2.74. The molecule has 4 nitrogen and oxygen atoms in total. The maximum absolute atomic E-state index is 13.8. The zero-order chi connectivity index (χ0) is 14.0. The van der Waals surface area contributed by atoms with Crippen molar-refractivity contribution in [1.82, 2.24) is 4.90 Å². The van der Waals surface area contributed by atoms with Crippen molar-refractivity contribution < 1.29 is 23.4 Å². The molecule has 1 N–H and O–H groups in total. The summed E-state index contributed by atoms with van der Waals surface area (Å²) < 4.78 is 32.3. The van der Waals surface area contributed by atoms with E-state index in [0.29, 0.717) is 12.0 Å². The van der Waals surface area contributed by atoms with Gasteiger partial charge in [-0.3, -0.25) is 0 Å². The molecule has 1 aromatic rings. The summed E-state index contributed by atoms with van der Waals surface area (Å²) in [5.41, 5.74) is 0.638. The molecule has 0 unspecified atom stereocenters. The first-order chi connectivity index (χ1) is 9.04. The summed E-state index contributed by atoms with van der Waals surface area (Å²) in [5, 5.41) is 8.83. The molecule has 1 aliphatic heterocycles. The van der Waals surface area contributed by atoms with Gasteiger partial charge in [0.15, 0.2) is 11.6 Å². The summed E-state index contributed by atoms with van der Waals surface area (Å²) in [4.78, 5) is 12.0. The number of carboxylic acid groups (broad SMARTS) is 1. The lowest BCUT2D eigenvalue weighted by Crippen LogP contribution is -2.33. The fraction of sp³-hybridized carbons (Fsp3) is 0.308. The van der Waals surface area contributed by atoms with Crippen LogP contribution in [-0.2, 0) is 0 Å². The van der Waals surface area contributed by atoms with E-state index >= 15 is 0 Å². The van der Waals surface area contributed by atoms with Crippen LogP contribution in [0.2, 0.25) is 0 Å². The Morgan fingerprint density at radius 3 is 2.58 bits per heavy atom. The highest BCUT2D eigenvalue weighted by atomic mass is 19.1. The number of rotatable bonds is 2. The lowest BCUT2D eigenvalue weighted by Gasteiger charge is -2.24. The molecule has 0 bridgehead atoms. The maximum atomic E-state index is 13.8. The van der Waals surface area contributed by atoms with Gasteiger partial charge in [-0.25, -0.2) is 13.6 Å². The average molecular weight is 269 g/mol. The van der Waals surface area contributed by atoms with E-state index in [1.807, 2.05) is 0 Å². The van der Waals surface area contributed by atoms with Crippen molar-refractivity contribution in [3.05, 3.63) is 35.4 Å². The molecule has 0 aromatic heterocycles. The summed E-state index contributed by atoms with van der Waals surface area (Å²) in [6, 6.07) is 2.04. The number of nitrogens with zero attached hydrogens (tertiary/aromatic N) is 1. The molecule has 19 heavy (non-hydrogen) atoms. The number of amides is 1. The molecule has 0 saturated carbocycles. The summed E-state index contributed by atoms with van der Waals surface area (Å²) in [6.45, 7) is 0.407. The van der Waals surface area contributed by atoms with Crippen molar-refractivity contribution >= 4 is 11.7 Å². The van der Waals surface area contributed by atoms with Crippen LogP contribution in [0.25, 0.3) is 5.57 Å². The van der Waals surface area contributed by atoms with Crippen molar-refractivity contribution in [2.24, 2.45) is 0 Å². The van der Waals surface area contributed by atoms with Gasteiger partial charge in [0.05, 0.1) is 12.7 Å². The second-order valence-electron chi connectivity index (χ2n) is 4.15. The quantitative estimate of drug-likeness (QED) is 0.898. The van der Waals surface area contributed by atoms with Crippen molar-refractivity contribution in [3.63, 3.8) is 0 Å². The Morgan fingerprint density at radius 2 is 2.05 bits per heavy atom. The van der Waals surface area contributed by atoms with Gasteiger partial charge < -0.3 is 14.7 Å². The highest BCUT2D eigenvalue weighted by Gasteiger charge is 2.23. The van der Waals surface area contributed by atoms with Crippen LogP contribution in [0.15, 0.2) is 18.2 Å². The summed E-state index contributed by atoms with van der Waals surface area (Å²) in [5.74, 6) is -1.36. The second kappa shape index (κ2) is 5.26. The lowest BCUT2D eigenvalue weighted by molar-refractivity contribution is 0.150. The summed E-state index contributed by atoms with van der Waals surface area (Å²) >= 11 is 0. The first kappa shape index (κ1) is 13.3. The Hall–Kier alpha value is -2.11. The van der Waals surface area contributed by atoms with Gasteiger partial charge in [0.1, 0.15) is 5.82 Å². The third-order valence-electron chi connectivity index (χ3n) is 3.06. The number of benzene rings is 1. The van der Waals surface area contributed by atoms with Crippen LogP contribution in [-0.4, -0.2) is 36.3 Å². The van der Waals surface area contributed by atoms with E-state index in [2.05, 4.69) is 0 Å². The van der Waals surface area contributed by atoms with E-state index in [1.165, 1.54) is 12.0 Å². The van der Waals surface area contributed by atoms with Crippen molar-refractivity contribution in [1.29, 1.82) is 0 Å². The third kappa shape index (κ3) is 2.52. The van der Waals surface area contributed by atoms with Crippen molar-refractivity contribution in [2.75, 3.05) is 20.2 Å². The van der Waals surface area contributed by atoms with E-state index in [0.717, 1.165) is 12.1 Å². The van der Waals surface area contributed by atoms with Gasteiger partial charge in [0, 0.05) is 13.1 Å². The number of carbonyl (C=O) groups is 1. The number of hydrogen-bond acceptors (Lipinski definition) is 2. The largest absolute Gasteiger partial charge is 0.493 e. The van der Waals surface area contributed by atoms with Crippen LogP contribution in [0, 0.1) is 11.6 Å². The van der Waals surface area contributed by atoms with E-state index < -0.39 is 17.7 Å². The Kier molecular flexibility index (Phi) is 3.69. The highest BCUT2D eigenvalue weighted by molar-refractivity contribution is 5.74. The number of hydrogen-bond donors (Lipinski definition) is 1. The van der Waals surface area contributed by atoms with Crippen LogP contribution in [0.3, 0.4) is 0 Å². The van der Waals surface area contributed by atoms with Crippen LogP contribution in [0.5, 0.6) is 5.75 Å². The minimum Gasteiger partial charge on any atom is -0.493 e. The second-order valence-corrected chi connectivity index (χ2v) is 4.15. The molecule has 102 valence electrons. The van der Waals surface area contributed by atoms with Crippen molar-refractivity contribution in [2.45, 2.75) is 6.42 Å². The Morgan fingerprint density at radius 1 is 1.37 bits per heavy atom. The molecular weight excluding hydrogens is 256 g/mol. The standard InChI is InChI=1S/C13H13F2NO3/c1-19-12-10(15)3-2-9(14)11(12)8-4-6-16(7-5-8)13(17)18/h2-4H,5-7H2,1H3,(H,17,18). The fourth-order valence-electron chi connectivity index (χ4n) is 2.10. The topological polar surface area (TPSA) is 49.8 Å². The third-order valence-corrected chi connectivity index (χ3v) is 3.06. The van der Waals surface area contributed by atoms with Crippen LogP contribution in [0.1, 0.15) is 12.0 Å². The van der Waals surface area contributed by atoms with Crippen LogP contribution in [0.4, 0.5) is 13.6 Å².